The highest BCUT2D eigenvalue weighted by Gasteiger charge is 2.29. The van der Waals surface area contributed by atoms with Gasteiger partial charge in [-0.25, -0.2) is 4.79 Å². The van der Waals surface area contributed by atoms with Crippen LogP contribution in [-0.4, -0.2) is 55.7 Å². The van der Waals surface area contributed by atoms with Crippen LogP contribution in [0.5, 0.6) is 0 Å². The third kappa shape index (κ3) is 3.09. The van der Waals surface area contributed by atoms with E-state index in [1.807, 2.05) is 12.1 Å². The molecule has 6 heteroatoms. The third-order valence-electron chi connectivity index (χ3n) is 3.35. The van der Waals surface area contributed by atoms with E-state index in [4.69, 9.17) is 4.74 Å². The summed E-state index contributed by atoms with van der Waals surface area (Å²) in [7, 11) is 1.17. The minimum Gasteiger partial charge on any atom is -0.467 e. The largest absolute Gasteiger partial charge is 0.467 e. The Labute approximate surface area is 117 Å². The van der Waals surface area contributed by atoms with Crippen molar-refractivity contribution in [3.63, 3.8) is 0 Å². The Morgan fingerprint density at radius 3 is 2.60 bits per heavy atom. The monoisotopic (exact) mass is 281 g/mol. The number of morpholine rings is 1. The lowest BCUT2D eigenvalue weighted by atomic mass is 10.0. The fourth-order valence-corrected chi connectivity index (χ4v) is 2.25. The van der Waals surface area contributed by atoms with Gasteiger partial charge in [-0.05, 0) is 6.07 Å². The molecule has 0 amide bonds. The van der Waals surface area contributed by atoms with Gasteiger partial charge in [-0.1, -0.05) is 18.2 Å². The van der Waals surface area contributed by atoms with Gasteiger partial charge in [0.05, 0.1) is 20.3 Å². The van der Waals surface area contributed by atoms with Crippen molar-refractivity contribution in [2.45, 2.75) is 12.2 Å². The van der Waals surface area contributed by atoms with Crippen LogP contribution in [0.1, 0.15) is 11.7 Å². The van der Waals surface area contributed by atoms with Crippen LogP contribution in [0.3, 0.4) is 0 Å². The number of carbonyl (C=O) groups excluding carboxylic acids is 1. The van der Waals surface area contributed by atoms with E-state index in [0.29, 0.717) is 31.9 Å². The van der Waals surface area contributed by atoms with Crippen molar-refractivity contribution in [3.05, 3.63) is 29.8 Å². The summed E-state index contributed by atoms with van der Waals surface area (Å²) in [6.45, 7) is 2.64. The number of aliphatic hydroxyl groups is 2. The van der Waals surface area contributed by atoms with Gasteiger partial charge in [0.1, 0.15) is 6.10 Å². The first-order valence-corrected chi connectivity index (χ1v) is 6.50. The lowest BCUT2D eigenvalue weighted by Gasteiger charge is -2.32. The molecule has 20 heavy (non-hydrogen) atoms. The maximum atomic E-state index is 11.3. The normalized spacial score (nSPS) is 18.4. The van der Waals surface area contributed by atoms with Crippen molar-refractivity contribution in [2.24, 2.45) is 0 Å². The first-order valence-electron chi connectivity index (χ1n) is 6.50. The highest BCUT2D eigenvalue weighted by Crippen LogP contribution is 2.29. The molecule has 0 radical (unpaired) electrons. The van der Waals surface area contributed by atoms with E-state index in [2.05, 4.69) is 9.64 Å². The number of rotatable bonds is 4. The molecular formula is C14H19NO5. The molecule has 1 aliphatic heterocycles. The summed E-state index contributed by atoms with van der Waals surface area (Å²) >= 11 is 0. The number of hydrogen-bond acceptors (Lipinski definition) is 6. The summed E-state index contributed by atoms with van der Waals surface area (Å²) in [4.78, 5) is 13.4. The molecule has 0 aliphatic carbocycles. The Hall–Kier alpha value is -1.63. The molecular weight excluding hydrogens is 262 g/mol. The average molecular weight is 281 g/mol. The second-order valence-corrected chi connectivity index (χ2v) is 4.57. The number of para-hydroxylation sites is 1. The van der Waals surface area contributed by atoms with Gasteiger partial charge in [0, 0.05) is 24.3 Å². The number of benzene rings is 1. The van der Waals surface area contributed by atoms with E-state index in [-0.39, 0.29) is 0 Å². The van der Waals surface area contributed by atoms with Crippen molar-refractivity contribution in [2.75, 3.05) is 38.3 Å². The number of carbonyl (C=O) groups is 1. The number of methoxy groups -OCH3 is 1. The van der Waals surface area contributed by atoms with Crippen molar-refractivity contribution in [1.29, 1.82) is 0 Å². The molecule has 1 fully saturated rings. The van der Waals surface area contributed by atoms with Crippen LogP contribution in [0.4, 0.5) is 5.69 Å². The van der Waals surface area contributed by atoms with Crippen LogP contribution in [0.25, 0.3) is 0 Å². The number of hydrogen-bond donors (Lipinski definition) is 2. The van der Waals surface area contributed by atoms with Crippen LogP contribution in [0, 0.1) is 0 Å². The van der Waals surface area contributed by atoms with Crippen LogP contribution in [0.2, 0.25) is 0 Å². The molecule has 1 saturated heterocycles. The smallest absolute Gasteiger partial charge is 0.337 e. The average Bonchev–Trinajstić information content (AvgIpc) is 2.53. The number of anilines is 1. The summed E-state index contributed by atoms with van der Waals surface area (Å²) in [5, 5.41) is 20.0. The molecule has 2 unspecified atom stereocenters. The summed E-state index contributed by atoms with van der Waals surface area (Å²) in [6, 6.07) is 7.16. The zero-order chi connectivity index (χ0) is 14.5. The van der Waals surface area contributed by atoms with E-state index in [1.165, 1.54) is 7.11 Å². The molecule has 6 nitrogen and oxygen atoms in total. The Morgan fingerprint density at radius 1 is 1.30 bits per heavy atom. The minimum atomic E-state index is -1.60. The molecule has 110 valence electrons. The fraction of sp³-hybridized carbons (Fsp3) is 0.500. The fourth-order valence-electron chi connectivity index (χ4n) is 2.25. The molecule has 1 heterocycles. The molecule has 2 atom stereocenters. The Morgan fingerprint density at radius 2 is 1.95 bits per heavy atom. The highest BCUT2D eigenvalue weighted by molar-refractivity contribution is 5.76. The summed E-state index contributed by atoms with van der Waals surface area (Å²) in [6.07, 6.45) is -2.91. The van der Waals surface area contributed by atoms with E-state index >= 15 is 0 Å². The minimum absolute atomic E-state index is 0.507. The summed E-state index contributed by atoms with van der Waals surface area (Å²) < 4.78 is 9.75. The highest BCUT2D eigenvalue weighted by atomic mass is 16.5. The topological polar surface area (TPSA) is 79.2 Å². The molecule has 2 N–H and O–H groups in total. The van der Waals surface area contributed by atoms with Crippen molar-refractivity contribution < 1.29 is 24.5 Å². The second kappa shape index (κ2) is 6.69. The summed E-state index contributed by atoms with van der Waals surface area (Å²) in [5.41, 5.74) is 1.30. The molecule has 0 spiro atoms. The predicted molar refractivity (Wildman–Crippen MR) is 72.5 cm³/mol. The lowest BCUT2D eigenvalue weighted by Crippen LogP contribution is -2.38. The zero-order valence-electron chi connectivity index (χ0n) is 11.4. The number of esters is 1. The van der Waals surface area contributed by atoms with Gasteiger partial charge in [-0.2, -0.15) is 0 Å². The van der Waals surface area contributed by atoms with Gasteiger partial charge in [-0.3, -0.25) is 0 Å². The molecule has 0 saturated carbocycles. The van der Waals surface area contributed by atoms with E-state index in [1.54, 1.807) is 12.1 Å². The van der Waals surface area contributed by atoms with Gasteiger partial charge in [-0.15, -0.1) is 0 Å². The third-order valence-corrected chi connectivity index (χ3v) is 3.35. The van der Waals surface area contributed by atoms with Crippen LogP contribution in [-0.2, 0) is 14.3 Å². The zero-order valence-corrected chi connectivity index (χ0v) is 11.4. The Balaban J connectivity index is 2.24. The maximum absolute atomic E-state index is 11.3. The standard InChI is InChI=1S/C14H19NO5/c1-19-14(18)13(17)12(16)10-4-2-3-5-11(10)15-6-8-20-9-7-15/h2-5,12-13,16-17H,6-9H2,1H3. The van der Waals surface area contributed by atoms with E-state index in [9.17, 15) is 15.0 Å². The maximum Gasteiger partial charge on any atom is 0.337 e. The van der Waals surface area contributed by atoms with Gasteiger partial charge in [0.15, 0.2) is 6.10 Å². The second-order valence-electron chi connectivity index (χ2n) is 4.57. The van der Waals surface area contributed by atoms with Gasteiger partial charge in [0.25, 0.3) is 0 Å². The quantitative estimate of drug-likeness (QED) is 0.762. The SMILES string of the molecule is COC(=O)C(O)C(O)c1ccccc1N1CCOCC1. The van der Waals surface area contributed by atoms with Gasteiger partial charge in [0.2, 0.25) is 0 Å². The molecule has 2 rings (SSSR count). The molecule has 1 aromatic rings. The number of nitrogens with zero attached hydrogens (tertiary/aromatic N) is 1. The molecule has 1 aliphatic rings. The number of aliphatic hydroxyl groups excluding tert-OH is 2. The van der Waals surface area contributed by atoms with Gasteiger partial charge < -0.3 is 24.6 Å². The first kappa shape index (κ1) is 14.8. The van der Waals surface area contributed by atoms with Crippen LogP contribution >= 0.6 is 0 Å². The number of ether oxygens (including phenoxy) is 2. The lowest BCUT2D eigenvalue weighted by molar-refractivity contribution is -0.156. The van der Waals surface area contributed by atoms with Crippen molar-refractivity contribution in [3.8, 4) is 0 Å². The summed E-state index contributed by atoms with van der Waals surface area (Å²) in [5.74, 6) is -0.853. The first-order chi connectivity index (χ1) is 9.65. The van der Waals surface area contributed by atoms with Gasteiger partial charge >= 0.3 is 5.97 Å². The van der Waals surface area contributed by atoms with E-state index in [0.717, 1.165) is 5.69 Å². The molecule has 1 aromatic carbocycles. The molecule has 0 aromatic heterocycles. The molecule has 0 bridgehead atoms. The Kier molecular flexibility index (Phi) is 4.94. The predicted octanol–water partition coefficient (Wildman–Crippen LogP) is 0.0905. The van der Waals surface area contributed by atoms with Crippen molar-refractivity contribution in [1.82, 2.24) is 0 Å². The Bertz CT molecular complexity index is 459. The van der Waals surface area contributed by atoms with E-state index < -0.39 is 18.2 Å². The van der Waals surface area contributed by atoms with Crippen molar-refractivity contribution >= 4 is 11.7 Å². The van der Waals surface area contributed by atoms with Crippen LogP contribution < -0.4 is 4.90 Å². The van der Waals surface area contributed by atoms with Crippen LogP contribution in [0.15, 0.2) is 24.3 Å².